The van der Waals surface area contributed by atoms with Crippen molar-refractivity contribution in [2.24, 2.45) is 0 Å². The third kappa shape index (κ3) is 2.61. The summed E-state index contributed by atoms with van der Waals surface area (Å²) in [5.74, 6) is 0.743. The van der Waals surface area contributed by atoms with Crippen LogP contribution in [0.15, 0.2) is 48.5 Å². The lowest BCUT2D eigenvalue weighted by molar-refractivity contribution is 0.628. The molecule has 4 heteroatoms. The molecule has 0 spiro atoms. The maximum absolute atomic E-state index is 13.1. The molecule has 120 valence electrons. The third-order valence-electron chi connectivity index (χ3n) is 4.33. The summed E-state index contributed by atoms with van der Waals surface area (Å²) in [4.78, 5) is 3.36. The molecule has 0 atom stereocenters. The summed E-state index contributed by atoms with van der Waals surface area (Å²) < 4.78 is 13.1. The van der Waals surface area contributed by atoms with E-state index in [4.69, 9.17) is 11.6 Å². The molecule has 1 aromatic heterocycles. The zero-order valence-corrected chi connectivity index (χ0v) is 13.9. The van der Waals surface area contributed by atoms with E-state index in [1.165, 1.54) is 12.1 Å². The molecule has 24 heavy (non-hydrogen) atoms. The zero-order valence-electron chi connectivity index (χ0n) is 13.2. The number of hydrogen-bond acceptors (Lipinski definition) is 1. The SMILES string of the molecule is Cc1cccc(Cl)c1C1=Cc2cc(-c3ccc(F)cc3)[nH]c2NC1. The summed E-state index contributed by atoms with van der Waals surface area (Å²) in [6.45, 7) is 2.78. The smallest absolute Gasteiger partial charge is 0.123 e. The van der Waals surface area contributed by atoms with Gasteiger partial charge in [-0.25, -0.2) is 4.39 Å². The van der Waals surface area contributed by atoms with Crippen molar-refractivity contribution in [3.63, 3.8) is 0 Å². The van der Waals surface area contributed by atoms with E-state index in [0.717, 1.165) is 44.4 Å². The summed E-state index contributed by atoms with van der Waals surface area (Å²) in [5.41, 5.74) is 6.40. The lowest BCUT2D eigenvalue weighted by atomic mass is 9.97. The molecule has 2 aromatic carbocycles. The maximum Gasteiger partial charge on any atom is 0.123 e. The van der Waals surface area contributed by atoms with Gasteiger partial charge >= 0.3 is 0 Å². The van der Waals surface area contributed by atoms with Crippen molar-refractivity contribution in [3.05, 3.63) is 76.1 Å². The topological polar surface area (TPSA) is 27.8 Å². The number of benzene rings is 2. The minimum absolute atomic E-state index is 0.232. The lowest BCUT2D eigenvalue weighted by Gasteiger charge is -2.18. The molecule has 0 saturated heterocycles. The highest BCUT2D eigenvalue weighted by Gasteiger charge is 2.17. The molecular formula is C20H16ClFN2. The van der Waals surface area contributed by atoms with Crippen LogP contribution in [0.5, 0.6) is 0 Å². The Morgan fingerprint density at radius 3 is 2.62 bits per heavy atom. The molecular weight excluding hydrogens is 323 g/mol. The minimum Gasteiger partial charge on any atom is -0.367 e. The van der Waals surface area contributed by atoms with Gasteiger partial charge < -0.3 is 10.3 Å². The van der Waals surface area contributed by atoms with Crippen LogP contribution < -0.4 is 5.32 Å². The molecule has 0 fully saturated rings. The summed E-state index contributed by atoms with van der Waals surface area (Å²) in [5, 5.41) is 4.18. The molecule has 2 N–H and O–H groups in total. The fourth-order valence-corrected chi connectivity index (χ4v) is 3.48. The Labute approximate surface area is 145 Å². The summed E-state index contributed by atoms with van der Waals surface area (Å²) in [7, 11) is 0. The second-order valence-electron chi connectivity index (χ2n) is 5.98. The predicted molar refractivity (Wildman–Crippen MR) is 98.7 cm³/mol. The van der Waals surface area contributed by atoms with Crippen LogP contribution in [0.25, 0.3) is 22.9 Å². The van der Waals surface area contributed by atoms with Gasteiger partial charge in [0, 0.05) is 28.4 Å². The first-order chi connectivity index (χ1) is 11.6. The highest BCUT2D eigenvalue weighted by molar-refractivity contribution is 6.32. The molecule has 4 rings (SSSR count). The molecule has 0 aliphatic carbocycles. The van der Waals surface area contributed by atoms with Crippen molar-refractivity contribution in [2.45, 2.75) is 6.92 Å². The van der Waals surface area contributed by atoms with Crippen molar-refractivity contribution < 1.29 is 4.39 Å². The van der Waals surface area contributed by atoms with Crippen LogP contribution in [0, 0.1) is 12.7 Å². The van der Waals surface area contributed by atoms with Crippen LogP contribution in [-0.4, -0.2) is 11.5 Å². The van der Waals surface area contributed by atoms with Crippen molar-refractivity contribution in [2.75, 3.05) is 11.9 Å². The number of nitrogens with one attached hydrogen (secondary N) is 2. The lowest BCUT2D eigenvalue weighted by Crippen LogP contribution is -2.10. The van der Waals surface area contributed by atoms with E-state index >= 15 is 0 Å². The summed E-state index contributed by atoms with van der Waals surface area (Å²) in [6.07, 6.45) is 2.16. The van der Waals surface area contributed by atoms with Gasteiger partial charge in [0.2, 0.25) is 0 Å². The monoisotopic (exact) mass is 338 g/mol. The first kappa shape index (κ1) is 15.0. The molecule has 0 radical (unpaired) electrons. The van der Waals surface area contributed by atoms with Crippen molar-refractivity contribution >= 4 is 29.1 Å². The van der Waals surface area contributed by atoms with Crippen LogP contribution in [0.4, 0.5) is 10.2 Å². The van der Waals surface area contributed by atoms with Crippen LogP contribution >= 0.6 is 11.6 Å². The Bertz CT molecular complexity index is 919. The number of fused-ring (bicyclic) bond motifs is 1. The quantitative estimate of drug-likeness (QED) is 0.612. The summed E-state index contributed by atoms with van der Waals surface area (Å²) >= 11 is 6.39. The van der Waals surface area contributed by atoms with E-state index < -0.39 is 0 Å². The maximum atomic E-state index is 13.1. The van der Waals surface area contributed by atoms with E-state index in [0.29, 0.717) is 6.54 Å². The van der Waals surface area contributed by atoms with Crippen LogP contribution in [-0.2, 0) is 0 Å². The minimum atomic E-state index is -0.232. The van der Waals surface area contributed by atoms with Gasteiger partial charge in [0.05, 0.1) is 0 Å². The van der Waals surface area contributed by atoms with Gasteiger partial charge in [0.25, 0.3) is 0 Å². The van der Waals surface area contributed by atoms with E-state index in [9.17, 15) is 4.39 Å². The Balaban J connectivity index is 1.75. The number of anilines is 1. The van der Waals surface area contributed by atoms with Crippen LogP contribution in [0.2, 0.25) is 5.02 Å². The van der Waals surface area contributed by atoms with Crippen LogP contribution in [0.3, 0.4) is 0 Å². The van der Waals surface area contributed by atoms with Gasteiger partial charge in [-0.2, -0.15) is 0 Å². The van der Waals surface area contributed by atoms with Gasteiger partial charge in [0.15, 0.2) is 0 Å². The first-order valence-corrected chi connectivity index (χ1v) is 8.18. The molecule has 0 bridgehead atoms. The van der Waals surface area contributed by atoms with Gasteiger partial charge in [-0.3, -0.25) is 0 Å². The van der Waals surface area contributed by atoms with Gasteiger partial charge in [-0.15, -0.1) is 0 Å². The van der Waals surface area contributed by atoms with Gasteiger partial charge in [-0.05, 0) is 66.1 Å². The number of H-pyrrole nitrogens is 1. The Kier molecular flexibility index (Phi) is 3.66. The first-order valence-electron chi connectivity index (χ1n) is 7.81. The number of aromatic amines is 1. The standard InChI is InChI=1S/C20H16ClFN2/c1-12-3-2-4-17(21)19(12)15-9-14-10-18(24-20(14)23-11-15)13-5-7-16(22)8-6-13/h2-10,23-24H,11H2,1H3. The third-order valence-corrected chi connectivity index (χ3v) is 4.65. The van der Waals surface area contributed by atoms with Crippen molar-refractivity contribution in [1.82, 2.24) is 4.98 Å². The second kappa shape index (κ2) is 5.84. The number of aromatic nitrogens is 1. The van der Waals surface area contributed by atoms with Crippen molar-refractivity contribution in [3.8, 4) is 11.3 Å². The highest BCUT2D eigenvalue weighted by atomic mass is 35.5. The number of rotatable bonds is 2. The second-order valence-corrected chi connectivity index (χ2v) is 6.38. The largest absolute Gasteiger partial charge is 0.367 e. The van der Waals surface area contributed by atoms with Gasteiger partial charge in [-0.1, -0.05) is 23.7 Å². The normalized spacial score (nSPS) is 13.2. The Morgan fingerprint density at radius 2 is 1.88 bits per heavy atom. The van der Waals surface area contributed by atoms with E-state index in [1.807, 2.05) is 12.1 Å². The molecule has 2 nitrogen and oxygen atoms in total. The molecule has 1 aliphatic rings. The van der Waals surface area contributed by atoms with Crippen LogP contribution in [0.1, 0.15) is 16.7 Å². The fraction of sp³-hybridized carbons (Fsp3) is 0.100. The molecule has 0 unspecified atom stereocenters. The predicted octanol–water partition coefficient (Wildman–Crippen LogP) is 5.75. The average Bonchev–Trinajstić information content (AvgIpc) is 2.98. The molecule has 0 saturated carbocycles. The van der Waals surface area contributed by atoms with Gasteiger partial charge in [0.1, 0.15) is 11.6 Å². The average molecular weight is 339 g/mol. The van der Waals surface area contributed by atoms with E-state index in [2.05, 4.69) is 35.4 Å². The number of hydrogen-bond donors (Lipinski definition) is 2. The molecule has 3 aromatic rings. The van der Waals surface area contributed by atoms with E-state index in [-0.39, 0.29) is 5.82 Å². The summed E-state index contributed by atoms with van der Waals surface area (Å²) in [6, 6.07) is 14.5. The fourth-order valence-electron chi connectivity index (χ4n) is 3.14. The Morgan fingerprint density at radius 1 is 1.08 bits per heavy atom. The molecule has 0 amide bonds. The highest BCUT2D eigenvalue weighted by Crippen LogP contribution is 2.35. The zero-order chi connectivity index (χ0) is 16.7. The number of aryl methyl sites for hydroxylation is 1. The van der Waals surface area contributed by atoms with Crippen molar-refractivity contribution in [1.29, 1.82) is 0 Å². The van der Waals surface area contributed by atoms with E-state index in [1.54, 1.807) is 12.1 Å². The molecule has 1 aliphatic heterocycles. The molecule has 2 heterocycles. The number of halogens is 2. The Hall–Kier alpha value is -2.52.